The minimum absolute atomic E-state index is 0.0507. The molecule has 1 fully saturated rings. The number of carbonyl (C=O) groups is 1. The van der Waals surface area contributed by atoms with Gasteiger partial charge in [-0.25, -0.2) is 0 Å². The van der Waals surface area contributed by atoms with Gasteiger partial charge >= 0.3 is 0 Å². The standard InChI is InChI=1S/C16H20N4O2/c1-2-13-16(21)17-9-11-20(13)10-8-14-18-15(19-22-14)12-6-4-3-5-7-12/h3-7,13H,2,8-11H2,1H3,(H,17,21). The molecule has 0 bridgehead atoms. The number of piperazine rings is 1. The third-order valence-corrected chi connectivity index (χ3v) is 3.94. The van der Waals surface area contributed by atoms with E-state index < -0.39 is 0 Å². The maximum Gasteiger partial charge on any atom is 0.237 e. The number of carbonyl (C=O) groups excluding carboxylic acids is 1. The number of rotatable bonds is 5. The van der Waals surface area contributed by atoms with Crippen molar-refractivity contribution >= 4 is 5.91 Å². The summed E-state index contributed by atoms with van der Waals surface area (Å²) in [6.45, 7) is 4.35. The van der Waals surface area contributed by atoms with E-state index in [0.717, 1.165) is 25.1 Å². The zero-order chi connectivity index (χ0) is 15.4. The fourth-order valence-electron chi connectivity index (χ4n) is 2.77. The maximum absolute atomic E-state index is 11.8. The van der Waals surface area contributed by atoms with Gasteiger partial charge in [0, 0.05) is 31.6 Å². The summed E-state index contributed by atoms with van der Waals surface area (Å²) in [4.78, 5) is 18.4. The highest BCUT2D eigenvalue weighted by Gasteiger charge is 2.27. The summed E-state index contributed by atoms with van der Waals surface area (Å²) in [5.41, 5.74) is 0.946. The van der Waals surface area contributed by atoms with Crippen LogP contribution in [0.2, 0.25) is 0 Å². The molecule has 1 aliphatic rings. The molecule has 1 unspecified atom stereocenters. The van der Waals surface area contributed by atoms with Crippen LogP contribution >= 0.6 is 0 Å². The van der Waals surface area contributed by atoms with Crippen LogP contribution in [-0.2, 0) is 11.2 Å². The molecule has 2 heterocycles. The van der Waals surface area contributed by atoms with Crippen LogP contribution in [0.5, 0.6) is 0 Å². The Morgan fingerprint density at radius 2 is 2.18 bits per heavy atom. The molecule has 1 aliphatic heterocycles. The zero-order valence-electron chi connectivity index (χ0n) is 12.7. The van der Waals surface area contributed by atoms with Gasteiger partial charge in [-0.15, -0.1) is 0 Å². The van der Waals surface area contributed by atoms with Gasteiger partial charge in [0.2, 0.25) is 17.6 Å². The van der Waals surface area contributed by atoms with Gasteiger partial charge in [-0.3, -0.25) is 9.69 Å². The number of amides is 1. The predicted octanol–water partition coefficient (Wildman–Crippen LogP) is 1.49. The summed E-state index contributed by atoms with van der Waals surface area (Å²) in [5.74, 6) is 1.34. The lowest BCUT2D eigenvalue weighted by Crippen LogP contribution is -2.55. The van der Waals surface area contributed by atoms with Crippen molar-refractivity contribution < 1.29 is 9.32 Å². The van der Waals surface area contributed by atoms with Crippen LogP contribution in [0.3, 0.4) is 0 Å². The molecule has 1 N–H and O–H groups in total. The van der Waals surface area contributed by atoms with E-state index in [1.165, 1.54) is 0 Å². The van der Waals surface area contributed by atoms with Crippen LogP contribution in [0, 0.1) is 0 Å². The van der Waals surface area contributed by atoms with E-state index in [2.05, 4.69) is 20.4 Å². The monoisotopic (exact) mass is 300 g/mol. The number of benzene rings is 1. The Labute approximate surface area is 129 Å². The minimum atomic E-state index is -0.0507. The van der Waals surface area contributed by atoms with E-state index in [0.29, 0.717) is 24.7 Å². The number of nitrogens with one attached hydrogen (secondary N) is 1. The van der Waals surface area contributed by atoms with Crippen molar-refractivity contribution in [2.24, 2.45) is 0 Å². The first-order valence-electron chi connectivity index (χ1n) is 7.67. The predicted molar refractivity (Wildman–Crippen MR) is 82.1 cm³/mol. The second-order valence-corrected chi connectivity index (χ2v) is 5.38. The van der Waals surface area contributed by atoms with Crippen molar-refractivity contribution in [1.82, 2.24) is 20.4 Å². The first-order chi connectivity index (χ1) is 10.8. The summed E-state index contributed by atoms with van der Waals surface area (Å²) in [6, 6.07) is 9.71. The molecule has 0 radical (unpaired) electrons. The van der Waals surface area contributed by atoms with Crippen molar-refractivity contribution in [3.8, 4) is 11.4 Å². The summed E-state index contributed by atoms with van der Waals surface area (Å²) in [5, 5.41) is 6.93. The maximum atomic E-state index is 11.8. The van der Waals surface area contributed by atoms with Crippen molar-refractivity contribution in [2.75, 3.05) is 19.6 Å². The van der Waals surface area contributed by atoms with Gasteiger partial charge in [0.25, 0.3) is 0 Å². The summed E-state index contributed by atoms with van der Waals surface area (Å²) >= 11 is 0. The van der Waals surface area contributed by atoms with Gasteiger partial charge in [0.1, 0.15) is 0 Å². The molecule has 0 aliphatic carbocycles. The van der Waals surface area contributed by atoms with Crippen molar-refractivity contribution in [1.29, 1.82) is 0 Å². The highest BCUT2D eigenvalue weighted by molar-refractivity contribution is 5.82. The Kier molecular flexibility index (Phi) is 4.48. The lowest BCUT2D eigenvalue weighted by molar-refractivity contribution is -0.129. The van der Waals surface area contributed by atoms with Gasteiger partial charge in [0.05, 0.1) is 6.04 Å². The van der Waals surface area contributed by atoms with E-state index in [1.807, 2.05) is 37.3 Å². The molecule has 116 valence electrons. The van der Waals surface area contributed by atoms with Crippen molar-refractivity contribution in [3.05, 3.63) is 36.2 Å². The second kappa shape index (κ2) is 6.70. The summed E-state index contributed by atoms with van der Waals surface area (Å²) < 4.78 is 5.32. The lowest BCUT2D eigenvalue weighted by Gasteiger charge is -2.34. The van der Waals surface area contributed by atoms with Gasteiger partial charge < -0.3 is 9.84 Å². The molecule has 1 saturated heterocycles. The summed E-state index contributed by atoms with van der Waals surface area (Å²) in [7, 11) is 0. The number of hydrogen-bond donors (Lipinski definition) is 1. The van der Waals surface area contributed by atoms with E-state index in [-0.39, 0.29) is 11.9 Å². The SMILES string of the molecule is CCC1C(=O)NCCN1CCc1nc(-c2ccccc2)no1. The Hall–Kier alpha value is -2.21. The van der Waals surface area contributed by atoms with Gasteiger partial charge in [-0.05, 0) is 6.42 Å². The minimum Gasteiger partial charge on any atom is -0.353 e. The van der Waals surface area contributed by atoms with Crippen LogP contribution in [0.4, 0.5) is 0 Å². The van der Waals surface area contributed by atoms with Gasteiger partial charge in [-0.2, -0.15) is 4.98 Å². The molecule has 0 saturated carbocycles. The van der Waals surface area contributed by atoms with Crippen LogP contribution < -0.4 is 5.32 Å². The van der Waals surface area contributed by atoms with Crippen molar-refractivity contribution in [3.63, 3.8) is 0 Å². The quantitative estimate of drug-likeness (QED) is 0.906. The van der Waals surface area contributed by atoms with Gasteiger partial charge in [0.15, 0.2) is 0 Å². The average Bonchev–Trinajstić information content (AvgIpc) is 3.03. The van der Waals surface area contributed by atoms with Crippen LogP contribution in [0.25, 0.3) is 11.4 Å². The molecule has 22 heavy (non-hydrogen) atoms. The number of nitrogens with zero attached hydrogens (tertiary/aromatic N) is 3. The van der Waals surface area contributed by atoms with Crippen LogP contribution in [0.15, 0.2) is 34.9 Å². The van der Waals surface area contributed by atoms with Crippen molar-refractivity contribution in [2.45, 2.75) is 25.8 Å². The largest absolute Gasteiger partial charge is 0.353 e. The normalized spacial score (nSPS) is 19.1. The Balaban J connectivity index is 1.62. The van der Waals surface area contributed by atoms with E-state index >= 15 is 0 Å². The highest BCUT2D eigenvalue weighted by atomic mass is 16.5. The average molecular weight is 300 g/mol. The number of aromatic nitrogens is 2. The van der Waals surface area contributed by atoms with Gasteiger partial charge in [-0.1, -0.05) is 42.4 Å². The van der Waals surface area contributed by atoms with Crippen LogP contribution in [-0.4, -0.2) is 46.6 Å². The molecule has 1 aromatic carbocycles. The third kappa shape index (κ3) is 3.17. The highest BCUT2D eigenvalue weighted by Crippen LogP contribution is 2.16. The second-order valence-electron chi connectivity index (χ2n) is 5.38. The van der Waals surface area contributed by atoms with E-state index in [4.69, 9.17) is 4.52 Å². The van der Waals surface area contributed by atoms with E-state index in [9.17, 15) is 4.79 Å². The molecule has 6 heteroatoms. The smallest absolute Gasteiger partial charge is 0.237 e. The van der Waals surface area contributed by atoms with E-state index in [1.54, 1.807) is 0 Å². The first-order valence-corrected chi connectivity index (χ1v) is 7.67. The first kappa shape index (κ1) is 14.7. The Morgan fingerprint density at radius 1 is 1.36 bits per heavy atom. The number of hydrogen-bond acceptors (Lipinski definition) is 5. The molecule has 1 amide bonds. The molecule has 3 rings (SSSR count). The zero-order valence-corrected chi connectivity index (χ0v) is 12.7. The summed E-state index contributed by atoms with van der Waals surface area (Å²) in [6.07, 6.45) is 1.47. The topological polar surface area (TPSA) is 71.3 Å². The molecular weight excluding hydrogens is 280 g/mol. The molecular formula is C16H20N4O2. The van der Waals surface area contributed by atoms with Crippen LogP contribution in [0.1, 0.15) is 19.2 Å². The molecule has 1 atom stereocenters. The fraction of sp³-hybridized carbons (Fsp3) is 0.438. The molecule has 2 aromatic rings. The third-order valence-electron chi connectivity index (χ3n) is 3.94. The molecule has 1 aromatic heterocycles. The lowest BCUT2D eigenvalue weighted by atomic mass is 10.1. The molecule has 6 nitrogen and oxygen atoms in total. The Bertz CT molecular complexity index is 626. The molecule has 0 spiro atoms. The Morgan fingerprint density at radius 3 is 2.95 bits per heavy atom. The fourth-order valence-corrected chi connectivity index (χ4v) is 2.77.